The summed E-state index contributed by atoms with van der Waals surface area (Å²) in [6, 6.07) is 13.1. The van der Waals surface area contributed by atoms with Crippen LogP contribution in [-0.4, -0.2) is 24.4 Å². The number of carbonyl (C=O) groups is 3. The van der Waals surface area contributed by atoms with Crippen LogP contribution < -0.4 is 5.32 Å². The smallest absolute Gasteiger partial charge is 0.310 e. The first-order chi connectivity index (χ1) is 11.5. The fourth-order valence-electron chi connectivity index (χ4n) is 1.87. The largest absolute Gasteiger partial charge is 0.455 e. The molecule has 0 saturated heterocycles. The number of imide groups is 1. The molecule has 2 amide bonds. The van der Waals surface area contributed by atoms with E-state index in [1.807, 2.05) is 0 Å². The lowest BCUT2D eigenvalue weighted by atomic mass is 10.1. The highest BCUT2D eigenvalue weighted by atomic mass is 35.5. The van der Waals surface area contributed by atoms with Gasteiger partial charge < -0.3 is 4.74 Å². The first kappa shape index (κ1) is 18.0. The molecule has 0 aromatic heterocycles. The topological polar surface area (TPSA) is 72.5 Å². The van der Waals surface area contributed by atoms with Crippen molar-refractivity contribution in [3.8, 4) is 0 Å². The van der Waals surface area contributed by atoms with E-state index in [2.05, 4.69) is 5.32 Å². The molecule has 2 rings (SSSR count). The predicted octanol–water partition coefficient (Wildman–Crippen LogP) is 3.04. The van der Waals surface area contributed by atoms with Crippen molar-refractivity contribution < 1.29 is 19.1 Å². The van der Waals surface area contributed by atoms with Gasteiger partial charge in [0.15, 0.2) is 6.61 Å². The lowest BCUT2D eigenvalue weighted by molar-refractivity contribution is -0.147. The van der Waals surface area contributed by atoms with Crippen LogP contribution >= 0.6 is 23.2 Å². The molecule has 0 radical (unpaired) electrons. The lowest BCUT2D eigenvalue weighted by Crippen LogP contribution is -2.34. The number of esters is 1. The fraction of sp³-hybridized carbons (Fsp3) is 0.118. The number of amides is 2. The molecule has 0 aliphatic carbocycles. The third-order valence-electron chi connectivity index (χ3n) is 3.04. The molecule has 0 spiro atoms. The van der Waals surface area contributed by atoms with Gasteiger partial charge in [-0.1, -0.05) is 47.5 Å². The van der Waals surface area contributed by atoms with Crippen molar-refractivity contribution in [2.24, 2.45) is 0 Å². The summed E-state index contributed by atoms with van der Waals surface area (Å²) in [5.74, 6) is -1.96. The summed E-state index contributed by atoms with van der Waals surface area (Å²) in [6.45, 7) is -0.570. The number of halogens is 2. The lowest BCUT2D eigenvalue weighted by Gasteiger charge is -2.08. The Labute approximate surface area is 148 Å². The summed E-state index contributed by atoms with van der Waals surface area (Å²) in [6.07, 6.45) is -0.168. The molecule has 0 unspecified atom stereocenters. The van der Waals surface area contributed by atoms with E-state index in [0.717, 1.165) is 0 Å². The van der Waals surface area contributed by atoms with Gasteiger partial charge in [-0.25, -0.2) is 0 Å². The van der Waals surface area contributed by atoms with Gasteiger partial charge >= 0.3 is 5.97 Å². The highest BCUT2D eigenvalue weighted by Crippen LogP contribution is 2.24. The third-order valence-corrected chi connectivity index (χ3v) is 3.74. The molecule has 7 heteroatoms. The molecule has 24 heavy (non-hydrogen) atoms. The van der Waals surface area contributed by atoms with Crippen LogP contribution in [0.25, 0.3) is 0 Å². The summed E-state index contributed by atoms with van der Waals surface area (Å²) >= 11 is 11.9. The SMILES string of the molecule is O=C(COC(=O)Cc1c(Cl)cccc1Cl)NC(=O)c1ccccc1. The zero-order chi connectivity index (χ0) is 17.5. The summed E-state index contributed by atoms with van der Waals surface area (Å²) in [7, 11) is 0. The zero-order valence-electron chi connectivity index (χ0n) is 12.4. The number of nitrogens with one attached hydrogen (secondary N) is 1. The predicted molar refractivity (Wildman–Crippen MR) is 90.0 cm³/mol. The second kappa shape index (κ2) is 8.47. The number of rotatable bonds is 5. The maximum absolute atomic E-state index is 11.8. The van der Waals surface area contributed by atoms with Crippen molar-refractivity contribution >= 4 is 41.0 Å². The van der Waals surface area contributed by atoms with Gasteiger partial charge in [0.2, 0.25) is 0 Å². The molecule has 0 aliphatic heterocycles. The molecule has 124 valence electrons. The average molecular weight is 366 g/mol. The van der Waals surface area contributed by atoms with Gasteiger partial charge in [-0.05, 0) is 24.3 Å². The molecular weight excluding hydrogens is 353 g/mol. The van der Waals surface area contributed by atoms with Crippen LogP contribution in [0.15, 0.2) is 48.5 Å². The van der Waals surface area contributed by atoms with Crippen molar-refractivity contribution in [2.45, 2.75) is 6.42 Å². The molecule has 5 nitrogen and oxygen atoms in total. The molecule has 1 N–H and O–H groups in total. The van der Waals surface area contributed by atoms with E-state index in [4.69, 9.17) is 27.9 Å². The minimum Gasteiger partial charge on any atom is -0.455 e. The quantitative estimate of drug-likeness (QED) is 0.826. The monoisotopic (exact) mass is 365 g/mol. The van der Waals surface area contributed by atoms with Crippen LogP contribution in [0.1, 0.15) is 15.9 Å². The van der Waals surface area contributed by atoms with Gasteiger partial charge in [-0.2, -0.15) is 0 Å². The van der Waals surface area contributed by atoms with Crippen LogP contribution in [0.4, 0.5) is 0 Å². The molecule has 2 aromatic rings. The Hall–Kier alpha value is -2.37. The maximum Gasteiger partial charge on any atom is 0.310 e. The Bertz CT molecular complexity index is 742. The Morgan fingerprint density at radius 1 is 0.917 bits per heavy atom. The molecule has 0 heterocycles. The molecule has 0 bridgehead atoms. The summed E-state index contributed by atoms with van der Waals surface area (Å²) in [5.41, 5.74) is 0.756. The number of carbonyl (C=O) groups excluding carboxylic acids is 3. The van der Waals surface area contributed by atoms with E-state index in [-0.39, 0.29) is 6.42 Å². The molecule has 0 saturated carbocycles. The zero-order valence-corrected chi connectivity index (χ0v) is 13.9. The number of hydrogen-bond acceptors (Lipinski definition) is 4. The Morgan fingerprint density at radius 2 is 1.54 bits per heavy atom. The number of ether oxygens (including phenoxy) is 1. The van der Waals surface area contributed by atoms with Crippen LogP contribution in [0.3, 0.4) is 0 Å². The normalized spacial score (nSPS) is 10.1. The molecule has 0 aliphatic rings. The summed E-state index contributed by atoms with van der Waals surface area (Å²) in [4.78, 5) is 35.2. The van der Waals surface area contributed by atoms with Gasteiger partial charge in [0.05, 0.1) is 6.42 Å². The second-order valence-corrected chi connectivity index (χ2v) is 5.60. The van der Waals surface area contributed by atoms with Crippen molar-refractivity contribution in [1.29, 1.82) is 0 Å². The molecule has 2 aromatic carbocycles. The van der Waals surface area contributed by atoms with Crippen molar-refractivity contribution in [2.75, 3.05) is 6.61 Å². The highest BCUT2D eigenvalue weighted by Gasteiger charge is 2.15. The van der Waals surface area contributed by atoms with Crippen molar-refractivity contribution in [3.63, 3.8) is 0 Å². The summed E-state index contributed by atoms with van der Waals surface area (Å²) < 4.78 is 4.83. The van der Waals surface area contributed by atoms with Crippen LogP contribution in [0.2, 0.25) is 10.0 Å². The van der Waals surface area contributed by atoms with Gasteiger partial charge in [0.25, 0.3) is 11.8 Å². The minimum atomic E-state index is -0.720. The van der Waals surface area contributed by atoms with Crippen LogP contribution in [0, 0.1) is 0 Å². The van der Waals surface area contributed by atoms with Crippen molar-refractivity contribution in [3.05, 3.63) is 69.7 Å². The number of hydrogen-bond donors (Lipinski definition) is 1. The number of benzene rings is 2. The van der Waals surface area contributed by atoms with E-state index in [9.17, 15) is 14.4 Å². The van der Waals surface area contributed by atoms with Gasteiger partial charge in [0, 0.05) is 21.2 Å². The van der Waals surface area contributed by atoms with E-state index in [0.29, 0.717) is 21.2 Å². The maximum atomic E-state index is 11.8. The third kappa shape index (κ3) is 5.08. The van der Waals surface area contributed by atoms with E-state index in [1.165, 1.54) is 0 Å². The molecular formula is C17H13Cl2NO4. The van der Waals surface area contributed by atoms with Crippen molar-refractivity contribution in [1.82, 2.24) is 5.32 Å². The minimum absolute atomic E-state index is 0.168. The molecule has 0 atom stereocenters. The van der Waals surface area contributed by atoms with Gasteiger partial charge in [-0.15, -0.1) is 0 Å². The molecule has 0 fully saturated rings. The van der Waals surface area contributed by atoms with Gasteiger partial charge in [0.1, 0.15) is 0 Å². The average Bonchev–Trinajstić information content (AvgIpc) is 2.57. The highest BCUT2D eigenvalue weighted by molar-refractivity contribution is 6.36. The van der Waals surface area contributed by atoms with Gasteiger partial charge in [-0.3, -0.25) is 19.7 Å². The Morgan fingerprint density at radius 3 is 2.17 bits per heavy atom. The summed E-state index contributed by atoms with van der Waals surface area (Å²) in [5, 5.41) is 2.80. The first-order valence-corrected chi connectivity index (χ1v) is 7.70. The Kier molecular flexibility index (Phi) is 6.35. The Balaban J connectivity index is 1.83. The van der Waals surface area contributed by atoms with Crippen LogP contribution in [0.5, 0.6) is 0 Å². The standard InChI is InChI=1S/C17H13Cl2NO4/c18-13-7-4-8-14(19)12(13)9-16(22)24-10-15(21)20-17(23)11-5-2-1-3-6-11/h1-8H,9-10H2,(H,20,21,23). The fourth-order valence-corrected chi connectivity index (χ4v) is 2.40. The van der Waals surface area contributed by atoms with E-state index >= 15 is 0 Å². The second-order valence-electron chi connectivity index (χ2n) is 4.78. The first-order valence-electron chi connectivity index (χ1n) is 6.95. The van der Waals surface area contributed by atoms with E-state index in [1.54, 1.807) is 48.5 Å². The van der Waals surface area contributed by atoms with E-state index < -0.39 is 24.4 Å². The van der Waals surface area contributed by atoms with Crippen LogP contribution in [-0.2, 0) is 20.7 Å².